The van der Waals surface area contributed by atoms with E-state index in [1.54, 1.807) is 24.3 Å². The van der Waals surface area contributed by atoms with Gasteiger partial charge in [0, 0.05) is 53.9 Å². The van der Waals surface area contributed by atoms with Crippen molar-refractivity contribution in [3.63, 3.8) is 0 Å². The van der Waals surface area contributed by atoms with E-state index < -0.39 is 5.92 Å². The molecule has 2 aromatic carbocycles. The Kier molecular flexibility index (Phi) is 7.59. The first kappa shape index (κ1) is 26.2. The van der Waals surface area contributed by atoms with Gasteiger partial charge in [-0.15, -0.1) is 0 Å². The van der Waals surface area contributed by atoms with Gasteiger partial charge in [-0.25, -0.2) is 0 Å². The average molecular weight is 543 g/mol. The highest BCUT2D eigenvalue weighted by Crippen LogP contribution is 2.46. The largest absolute Gasteiger partial charge is 0.379 e. The summed E-state index contributed by atoms with van der Waals surface area (Å²) in [7, 11) is 0. The second kappa shape index (κ2) is 10.7. The lowest BCUT2D eigenvalue weighted by molar-refractivity contribution is -0.124. The molecule has 2 fully saturated rings. The fourth-order valence-corrected chi connectivity index (χ4v) is 6.00. The molecule has 0 spiro atoms. The Balaban J connectivity index is 1.43. The van der Waals surface area contributed by atoms with Crippen molar-refractivity contribution in [1.29, 1.82) is 0 Å². The van der Waals surface area contributed by atoms with Crippen LogP contribution < -0.4 is 10.6 Å². The second-order valence-electron chi connectivity index (χ2n) is 10.8. The summed E-state index contributed by atoms with van der Waals surface area (Å²) in [5.74, 6) is -0.466. The van der Waals surface area contributed by atoms with Crippen LogP contribution in [0.2, 0.25) is 10.0 Å². The molecule has 9 heteroatoms. The SMILES string of the molecule is CC1(C)CC(=O)C2C(=Nc3cc(C(=O)NCCN4CCOCC4)ccc3NC2c2ccc(Cl)cc2Cl)C1. The molecule has 37 heavy (non-hydrogen) atoms. The number of amides is 1. The van der Waals surface area contributed by atoms with Crippen LogP contribution in [0.25, 0.3) is 0 Å². The number of benzene rings is 2. The molecule has 3 aliphatic rings. The van der Waals surface area contributed by atoms with Crippen LogP contribution >= 0.6 is 23.2 Å². The van der Waals surface area contributed by atoms with Crippen LogP contribution in [0.4, 0.5) is 11.4 Å². The minimum atomic E-state index is -0.454. The molecule has 1 saturated carbocycles. The zero-order chi connectivity index (χ0) is 26.2. The third-order valence-electron chi connectivity index (χ3n) is 7.30. The molecule has 5 rings (SSSR count). The lowest BCUT2D eigenvalue weighted by Gasteiger charge is -2.37. The Labute approximate surface area is 227 Å². The predicted octanol–water partition coefficient (Wildman–Crippen LogP) is 5.30. The highest BCUT2D eigenvalue weighted by molar-refractivity contribution is 6.35. The van der Waals surface area contributed by atoms with E-state index in [0.717, 1.165) is 49.8 Å². The number of ether oxygens (including phenoxy) is 1. The predicted molar refractivity (Wildman–Crippen MR) is 147 cm³/mol. The number of carbonyl (C=O) groups excluding carboxylic acids is 2. The molecule has 2 N–H and O–H groups in total. The number of fused-ring (bicyclic) bond motifs is 2. The third-order valence-corrected chi connectivity index (χ3v) is 7.86. The van der Waals surface area contributed by atoms with Crippen LogP contribution in [0.15, 0.2) is 41.4 Å². The number of ketones is 1. The van der Waals surface area contributed by atoms with E-state index in [1.165, 1.54) is 0 Å². The van der Waals surface area contributed by atoms with E-state index in [0.29, 0.717) is 40.7 Å². The number of nitrogens with zero attached hydrogens (tertiary/aromatic N) is 2. The summed E-state index contributed by atoms with van der Waals surface area (Å²) in [4.78, 5) is 33.7. The molecule has 2 unspecified atom stereocenters. The Hall–Kier alpha value is -2.45. The van der Waals surface area contributed by atoms with E-state index in [1.807, 2.05) is 12.1 Å². The maximum absolute atomic E-state index is 13.5. The van der Waals surface area contributed by atoms with Gasteiger partial charge in [0.05, 0.1) is 36.5 Å². The van der Waals surface area contributed by atoms with Gasteiger partial charge in [-0.1, -0.05) is 43.1 Å². The molecule has 0 bridgehead atoms. The van der Waals surface area contributed by atoms with Gasteiger partial charge in [-0.3, -0.25) is 19.5 Å². The molecule has 196 valence electrons. The molecule has 2 heterocycles. The molecule has 1 saturated heterocycles. The van der Waals surface area contributed by atoms with Crippen LogP contribution in [-0.4, -0.2) is 61.7 Å². The van der Waals surface area contributed by atoms with Crippen LogP contribution in [0.3, 0.4) is 0 Å². The van der Waals surface area contributed by atoms with Gasteiger partial charge in [0.25, 0.3) is 5.91 Å². The summed E-state index contributed by atoms with van der Waals surface area (Å²) < 4.78 is 5.38. The Morgan fingerprint density at radius 2 is 1.95 bits per heavy atom. The monoisotopic (exact) mass is 542 g/mol. The van der Waals surface area contributed by atoms with Gasteiger partial charge in [-0.2, -0.15) is 0 Å². The van der Waals surface area contributed by atoms with E-state index in [-0.39, 0.29) is 23.1 Å². The number of hydrogen-bond donors (Lipinski definition) is 2. The summed E-state index contributed by atoms with van der Waals surface area (Å²) in [6.07, 6.45) is 1.15. The minimum absolute atomic E-state index is 0.132. The second-order valence-corrected chi connectivity index (χ2v) is 11.6. The molecule has 7 nitrogen and oxygen atoms in total. The number of Topliss-reactive ketones (excluding diaryl/α,β-unsaturated/α-hetero) is 1. The van der Waals surface area contributed by atoms with Crippen LogP contribution in [0.1, 0.15) is 48.7 Å². The van der Waals surface area contributed by atoms with Gasteiger partial charge < -0.3 is 15.4 Å². The van der Waals surface area contributed by atoms with Crippen LogP contribution in [0.5, 0.6) is 0 Å². The van der Waals surface area contributed by atoms with Crippen molar-refractivity contribution in [2.24, 2.45) is 16.3 Å². The van der Waals surface area contributed by atoms with E-state index in [9.17, 15) is 9.59 Å². The van der Waals surface area contributed by atoms with Gasteiger partial charge in [0.15, 0.2) is 0 Å². The number of rotatable bonds is 5. The smallest absolute Gasteiger partial charge is 0.251 e. The van der Waals surface area contributed by atoms with Crippen molar-refractivity contribution in [2.75, 3.05) is 44.7 Å². The Morgan fingerprint density at radius 1 is 1.16 bits per heavy atom. The summed E-state index contributed by atoms with van der Waals surface area (Å²) in [5.41, 5.74) is 3.36. The van der Waals surface area contributed by atoms with Crippen LogP contribution in [-0.2, 0) is 9.53 Å². The summed E-state index contributed by atoms with van der Waals surface area (Å²) in [6, 6.07) is 10.4. The Morgan fingerprint density at radius 3 is 2.70 bits per heavy atom. The van der Waals surface area contributed by atoms with Gasteiger partial charge >= 0.3 is 0 Å². The zero-order valence-electron chi connectivity index (χ0n) is 21.2. The number of aliphatic imine (C=N–C) groups is 1. The highest BCUT2D eigenvalue weighted by atomic mass is 35.5. The minimum Gasteiger partial charge on any atom is -0.379 e. The number of hydrogen-bond acceptors (Lipinski definition) is 6. The van der Waals surface area contributed by atoms with E-state index in [2.05, 4.69) is 29.4 Å². The van der Waals surface area contributed by atoms with Gasteiger partial charge in [0.2, 0.25) is 0 Å². The van der Waals surface area contributed by atoms with Crippen molar-refractivity contribution < 1.29 is 14.3 Å². The van der Waals surface area contributed by atoms with Crippen molar-refractivity contribution in [1.82, 2.24) is 10.2 Å². The molecule has 2 aromatic rings. The van der Waals surface area contributed by atoms with Crippen molar-refractivity contribution in [3.8, 4) is 0 Å². The van der Waals surface area contributed by atoms with E-state index >= 15 is 0 Å². The lowest BCUT2D eigenvalue weighted by Crippen LogP contribution is -2.42. The quantitative estimate of drug-likeness (QED) is 0.535. The maximum Gasteiger partial charge on any atom is 0.251 e. The summed E-state index contributed by atoms with van der Waals surface area (Å²) in [5, 5.41) is 7.59. The lowest BCUT2D eigenvalue weighted by atomic mass is 9.68. The molecule has 0 aromatic heterocycles. The first-order valence-electron chi connectivity index (χ1n) is 12.7. The number of morpholine rings is 1. The summed E-state index contributed by atoms with van der Waals surface area (Å²) in [6.45, 7) is 8.75. The zero-order valence-corrected chi connectivity index (χ0v) is 22.7. The van der Waals surface area contributed by atoms with Gasteiger partial charge in [-0.05, 0) is 47.7 Å². The molecule has 1 amide bonds. The molecule has 2 atom stereocenters. The molecular formula is C28H32Cl2N4O3. The first-order valence-corrected chi connectivity index (χ1v) is 13.5. The first-order chi connectivity index (χ1) is 17.7. The molecule has 1 aliphatic carbocycles. The highest BCUT2D eigenvalue weighted by Gasteiger charge is 2.44. The topological polar surface area (TPSA) is 83.0 Å². The van der Waals surface area contributed by atoms with Crippen molar-refractivity contribution in [2.45, 2.75) is 32.7 Å². The van der Waals surface area contributed by atoms with E-state index in [4.69, 9.17) is 32.9 Å². The van der Waals surface area contributed by atoms with Crippen molar-refractivity contribution >= 4 is 52.0 Å². The molecule has 0 radical (unpaired) electrons. The number of anilines is 1. The average Bonchev–Trinajstić information content (AvgIpc) is 2.99. The Bertz CT molecular complexity index is 1240. The van der Waals surface area contributed by atoms with Gasteiger partial charge in [0.1, 0.15) is 5.78 Å². The molecular weight excluding hydrogens is 511 g/mol. The number of halogens is 2. The third kappa shape index (κ3) is 5.85. The number of carbonyl (C=O) groups is 2. The fourth-order valence-electron chi connectivity index (χ4n) is 5.48. The molecule has 2 aliphatic heterocycles. The van der Waals surface area contributed by atoms with Crippen LogP contribution in [0, 0.1) is 11.3 Å². The van der Waals surface area contributed by atoms with Crippen molar-refractivity contribution in [3.05, 3.63) is 57.6 Å². The normalized spacial score (nSPS) is 23.2. The summed E-state index contributed by atoms with van der Waals surface area (Å²) >= 11 is 12.8. The fraction of sp³-hybridized carbons (Fsp3) is 0.464. The standard InChI is InChI=1S/C28H32Cl2N4O3/c1-28(2)15-23-25(24(35)16-28)26(19-5-4-18(29)14-20(19)30)33-21-6-3-17(13-22(21)32-23)27(36)31-7-8-34-9-11-37-12-10-34/h3-6,13-14,25-26,33H,7-12,15-16H2,1-2H3,(H,31,36). The number of nitrogens with one attached hydrogen (secondary N) is 2. The maximum atomic E-state index is 13.5.